The van der Waals surface area contributed by atoms with E-state index in [1.807, 2.05) is 37.3 Å². The van der Waals surface area contributed by atoms with E-state index in [1.165, 1.54) is 24.5 Å². The van der Waals surface area contributed by atoms with E-state index >= 15 is 0 Å². The van der Waals surface area contributed by atoms with Gasteiger partial charge in [0, 0.05) is 24.0 Å². The number of carbonyl (C=O) groups excluding carboxylic acids is 1. The van der Waals surface area contributed by atoms with Gasteiger partial charge in [-0.25, -0.2) is 9.78 Å². The van der Waals surface area contributed by atoms with Gasteiger partial charge in [0.15, 0.2) is 0 Å². The van der Waals surface area contributed by atoms with Crippen LogP contribution < -0.4 is 5.56 Å². The molecular formula is C23H22N2O5S. The van der Waals surface area contributed by atoms with Crippen LogP contribution in [0.5, 0.6) is 0 Å². The Balaban J connectivity index is 1.87. The first-order chi connectivity index (χ1) is 15.0. The van der Waals surface area contributed by atoms with Crippen molar-refractivity contribution in [2.24, 2.45) is 0 Å². The Hall–Kier alpha value is -3.23. The molecule has 0 spiro atoms. The summed E-state index contributed by atoms with van der Waals surface area (Å²) in [4.78, 5) is 31.9. The van der Waals surface area contributed by atoms with Gasteiger partial charge in [-0.15, -0.1) is 11.3 Å². The summed E-state index contributed by atoms with van der Waals surface area (Å²) in [5.74, 6) is 0.604. The van der Waals surface area contributed by atoms with Crippen LogP contribution in [0.4, 0.5) is 0 Å². The number of ether oxygens (including phenoxy) is 2. The SMILES string of the molecule is COCCc1nc2sc(C)c(-c3ccccc3)c2c(=O)n1Cc1ccc(C(=O)OC)o1. The van der Waals surface area contributed by atoms with Crippen LogP contribution >= 0.6 is 11.3 Å². The molecule has 0 saturated carbocycles. The highest BCUT2D eigenvalue weighted by Gasteiger charge is 2.21. The number of esters is 1. The van der Waals surface area contributed by atoms with Crippen LogP contribution in [0.1, 0.15) is 27.0 Å². The van der Waals surface area contributed by atoms with Crippen molar-refractivity contribution < 1.29 is 18.7 Å². The summed E-state index contributed by atoms with van der Waals surface area (Å²) in [5, 5.41) is 0.592. The van der Waals surface area contributed by atoms with Crippen LogP contribution in [0.15, 0.2) is 51.7 Å². The zero-order valence-electron chi connectivity index (χ0n) is 17.5. The average molecular weight is 439 g/mol. The smallest absolute Gasteiger partial charge is 0.373 e. The largest absolute Gasteiger partial charge is 0.463 e. The number of methoxy groups -OCH3 is 2. The molecule has 3 aromatic heterocycles. The lowest BCUT2D eigenvalue weighted by Crippen LogP contribution is -2.26. The Labute approximate surface area is 182 Å². The molecule has 3 heterocycles. The van der Waals surface area contributed by atoms with Gasteiger partial charge in [-0.1, -0.05) is 30.3 Å². The lowest BCUT2D eigenvalue weighted by Gasteiger charge is -2.12. The van der Waals surface area contributed by atoms with E-state index in [0.29, 0.717) is 34.8 Å². The van der Waals surface area contributed by atoms with Gasteiger partial charge in [0.1, 0.15) is 16.4 Å². The van der Waals surface area contributed by atoms with Gasteiger partial charge < -0.3 is 13.9 Å². The molecule has 4 rings (SSSR count). The molecule has 31 heavy (non-hydrogen) atoms. The molecule has 0 radical (unpaired) electrons. The summed E-state index contributed by atoms with van der Waals surface area (Å²) in [6, 6.07) is 13.0. The maximum absolute atomic E-state index is 13.7. The van der Waals surface area contributed by atoms with Crippen molar-refractivity contribution in [1.29, 1.82) is 0 Å². The Bertz CT molecular complexity index is 1290. The summed E-state index contributed by atoms with van der Waals surface area (Å²) in [7, 11) is 2.90. The number of rotatable bonds is 7. The summed E-state index contributed by atoms with van der Waals surface area (Å²) in [5.41, 5.74) is 1.74. The van der Waals surface area contributed by atoms with Gasteiger partial charge in [-0.2, -0.15) is 0 Å². The fraction of sp³-hybridized carbons (Fsp3) is 0.261. The van der Waals surface area contributed by atoms with Crippen molar-refractivity contribution >= 4 is 27.5 Å². The molecule has 1 aromatic carbocycles. The molecule has 0 aliphatic rings. The van der Waals surface area contributed by atoms with Gasteiger partial charge in [-0.3, -0.25) is 9.36 Å². The molecule has 0 amide bonds. The summed E-state index contributed by atoms with van der Waals surface area (Å²) < 4.78 is 17.1. The minimum atomic E-state index is -0.563. The van der Waals surface area contributed by atoms with E-state index in [1.54, 1.807) is 17.7 Å². The monoisotopic (exact) mass is 438 g/mol. The Kier molecular flexibility index (Phi) is 6.01. The Morgan fingerprint density at radius 1 is 1.16 bits per heavy atom. The van der Waals surface area contributed by atoms with E-state index in [9.17, 15) is 9.59 Å². The van der Waals surface area contributed by atoms with E-state index in [2.05, 4.69) is 0 Å². The predicted molar refractivity (Wildman–Crippen MR) is 119 cm³/mol. The maximum Gasteiger partial charge on any atom is 0.373 e. The highest BCUT2D eigenvalue weighted by Crippen LogP contribution is 2.35. The minimum absolute atomic E-state index is 0.0920. The molecule has 0 aliphatic heterocycles. The number of aryl methyl sites for hydroxylation is 1. The first-order valence-corrected chi connectivity index (χ1v) is 10.6. The molecule has 4 aromatic rings. The lowest BCUT2D eigenvalue weighted by atomic mass is 10.0. The number of furan rings is 1. The number of thiophene rings is 1. The molecule has 8 heteroatoms. The normalized spacial score (nSPS) is 11.2. The van der Waals surface area contributed by atoms with Crippen molar-refractivity contribution in [3.63, 3.8) is 0 Å². The molecule has 0 unspecified atom stereocenters. The van der Waals surface area contributed by atoms with E-state index in [4.69, 9.17) is 18.9 Å². The molecule has 0 atom stereocenters. The zero-order chi connectivity index (χ0) is 22.0. The first kappa shape index (κ1) is 21.0. The van der Waals surface area contributed by atoms with Crippen molar-refractivity contribution in [2.45, 2.75) is 19.9 Å². The predicted octanol–water partition coefficient (Wildman–Crippen LogP) is 4.05. The van der Waals surface area contributed by atoms with Crippen LogP contribution in [0.25, 0.3) is 21.3 Å². The number of nitrogens with zero attached hydrogens (tertiary/aromatic N) is 2. The molecule has 7 nitrogen and oxygen atoms in total. The molecule has 0 fully saturated rings. The molecule has 0 bridgehead atoms. The van der Waals surface area contributed by atoms with Gasteiger partial charge in [0.25, 0.3) is 5.56 Å². The fourth-order valence-electron chi connectivity index (χ4n) is 3.57. The summed E-state index contributed by atoms with van der Waals surface area (Å²) in [6.07, 6.45) is 0.476. The van der Waals surface area contributed by atoms with E-state index < -0.39 is 5.97 Å². The Morgan fingerprint density at radius 3 is 2.65 bits per heavy atom. The van der Waals surface area contributed by atoms with Crippen LogP contribution in [0.3, 0.4) is 0 Å². The number of fused-ring (bicyclic) bond motifs is 1. The van der Waals surface area contributed by atoms with Crippen molar-refractivity contribution in [3.8, 4) is 11.1 Å². The number of benzene rings is 1. The highest BCUT2D eigenvalue weighted by molar-refractivity contribution is 7.19. The van der Waals surface area contributed by atoms with Gasteiger partial charge in [0.05, 0.1) is 25.6 Å². The van der Waals surface area contributed by atoms with E-state index in [-0.39, 0.29) is 17.9 Å². The number of hydrogen-bond acceptors (Lipinski definition) is 7. The third-order valence-electron chi connectivity index (χ3n) is 5.02. The molecule has 160 valence electrons. The van der Waals surface area contributed by atoms with Gasteiger partial charge >= 0.3 is 5.97 Å². The van der Waals surface area contributed by atoms with Crippen molar-refractivity contribution in [1.82, 2.24) is 9.55 Å². The highest BCUT2D eigenvalue weighted by atomic mass is 32.1. The maximum atomic E-state index is 13.7. The number of aromatic nitrogens is 2. The minimum Gasteiger partial charge on any atom is -0.463 e. The molecule has 0 aliphatic carbocycles. The second-order valence-corrected chi connectivity index (χ2v) is 8.20. The molecular weight excluding hydrogens is 416 g/mol. The lowest BCUT2D eigenvalue weighted by molar-refractivity contribution is 0.0563. The second-order valence-electron chi connectivity index (χ2n) is 7.00. The second kappa shape index (κ2) is 8.87. The van der Waals surface area contributed by atoms with Crippen LogP contribution in [0.2, 0.25) is 0 Å². The van der Waals surface area contributed by atoms with E-state index in [0.717, 1.165) is 16.0 Å². The van der Waals surface area contributed by atoms with Crippen molar-refractivity contribution in [2.75, 3.05) is 20.8 Å². The van der Waals surface area contributed by atoms with Crippen LogP contribution in [0, 0.1) is 6.92 Å². The zero-order valence-corrected chi connectivity index (χ0v) is 18.3. The number of hydrogen-bond donors (Lipinski definition) is 0. The number of carbonyl (C=O) groups is 1. The van der Waals surface area contributed by atoms with Gasteiger partial charge in [0.2, 0.25) is 5.76 Å². The summed E-state index contributed by atoms with van der Waals surface area (Å²) >= 11 is 1.51. The van der Waals surface area contributed by atoms with Crippen LogP contribution in [-0.2, 0) is 22.4 Å². The summed E-state index contributed by atoms with van der Waals surface area (Å²) in [6.45, 7) is 2.59. The first-order valence-electron chi connectivity index (χ1n) is 9.77. The average Bonchev–Trinajstić information content (AvgIpc) is 3.38. The third kappa shape index (κ3) is 4.04. The third-order valence-corrected chi connectivity index (χ3v) is 6.02. The quantitative estimate of drug-likeness (QED) is 0.405. The van der Waals surface area contributed by atoms with Crippen molar-refractivity contribution in [3.05, 3.63) is 75.0 Å². The fourth-order valence-corrected chi connectivity index (χ4v) is 4.62. The molecule has 0 saturated heterocycles. The Morgan fingerprint density at radius 2 is 1.94 bits per heavy atom. The van der Waals surface area contributed by atoms with Crippen LogP contribution in [-0.4, -0.2) is 36.3 Å². The van der Waals surface area contributed by atoms with Gasteiger partial charge in [-0.05, 0) is 24.6 Å². The standard InChI is InChI=1S/C23H22N2O5S/c1-14-19(15-7-5-4-6-8-15)20-21(31-14)24-18(11-12-28-2)25(22(20)26)13-16-9-10-17(30-16)23(27)29-3/h4-10H,11-13H2,1-3H3. The molecule has 0 N–H and O–H groups in total. The topological polar surface area (TPSA) is 83.6 Å².